The quantitative estimate of drug-likeness (QED) is 0.489. The molecular weight excluding hydrogens is 391 g/mol. The van der Waals surface area contributed by atoms with Crippen LogP contribution in [0.1, 0.15) is 30.3 Å². The summed E-state index contributed by atoms with van der Waals surface area (Å²) in [5.74, 6) is 0. The first-order chi connectivity index (χ1) is 12.4. The van der Waals surface area contributed by atoms with Gasteiger partial charge in [-0.15, -0.1) is 0 Å². The Balaban J connectivity index is 2.02. The third-order valence-electron chi connectivity index (χ3n) is 3.94. The number of nitrogens with one attached hydrogen (secondary N) is 2. The van der Waals surface area contributed by atoms with Gasteiger partial charge in [-0.3, -0.25) is 4.68 Å². The molecule has 8 heteroatoms. The molecule has 1 aromatic heterocycles. The smallest absolute Gasteiger partial charge is 0.170 e. The van der Waals surface area contributed by atoms with Crippen molar-refractivity contribution in [2.75, 3.05) is 25.1 Å². The average Bonchev–Trinajstić information content (AvgIpc) is 2.85. The number of ether oxygens (including phenoxy) is 1. The zero-order chi connectivity index (χ0) is 19.1. The number of hydrogen-bond acceptors (Lipinski definition) is 3. The van der Waals surface area contributed by atoms with Gasteiger partial charge in [0.15, 0.2) is 5.11 Å². The van der Waals surface area contributed by atoms with Gasteiger partial charge >= 0.3 is 0 Å². The number of halogens is 2. The second kappa shape index (κ2) is 10.1. The van der Waals surface area contributed by atoms with Crippen molar-refractivity contribution in [1.29, 1.82) is 0 Å². The molecule has 0 radical (unpaired) electrons. The molecule has 5 nitrogen and oxygen atoms in total. The lowest BCUT2D eigenvalue weighted by molar-refractivity contribution is 0.146. The summed E-state index contributed by atoms with van der Waals surface area (Å²) in [7, 11) is 0. The van der Waals surface area contributed by atoms with Crippen LogP contribution in [0.5, 0.6) is 0 Å². The first-order valence-corrected chi connectivity index (χ1v) is 9.70. The van der Waals surface area contributed by atoms with E-state index in [-0.39, 0.29) is 0 Å². The van der Waals surface area contributed by atoms with Gasteiger partial charge in [0, 0.05) is 35.4 Å². The molecule has 2 aromatic rings. The van der Waals surface area contributed by atoms with E-state index >= 15 is 0 Å². The number of nitrogens with zero attached hydrogens (tertiary/aromatic N) is 2. The Morgan fingerprint density at radius 1 is 1.27 bits per heavy atom. The largest absolute Gasteiger partial charge is 0.382 e. The Morgan fingerprint density at radius 3 is 2.62 bits per heavy atom. The maximum Gasteiger partial charge on any atom is 0.170 e. The second-order valence-corrected chi connectivity index (χ2v) is 7.06. The Labute approximate surface area is 170 Å². The summed E-state index contributed by atoms with van der Waals surface area (Å²) in [6.45, 7) is 8.63. The van der Waals surface area contributed by atoms with Gasteiger partial charge in [0.25, 0.3) is 0 Å². The topological polar surface area (TPSA) is 51.1 Å². The van der Waals surface area contributed by atoms with Gasteiger partial charge in [0.1, 0.15) is 0 Å². The molecule has 26 heavy (non-hydrogen) atoms. The first kappa shape index (κ1) is 21.0. The average molecular weight is 415 g/mol. The minimum absolute atomic E-state index is 0.501. The van der Waals surface area contributed by atoms with Gasteiger partial charge < -0.3 is 15.4 Å². The number of thiocarbonyl (C=S) groups is 1. The molecule has 0 aliphatic carbocycles. The van der Waals surface area contributed by atoms with E-state index in [9.17, 15) is 0 Å². The summed E-state index contributed by atoms with van der Waals surface area (Å²) in [4.78, 5) is 0. The number of anilines is 1. The predicted molar refractivity (Wildman–Crippen MR) is 113 cm³/mol. The third kappa shape index (κ3) is 5.58. The highest BCUT2D eigenvalue weighted by Crippen LogP contribution is 2.27. The molecular formula is C18H24Cl2N4OS. The summed E-state index contributed by atoms with van der Waals surface area (Å²) in [6, 6.07) is 5.49. The van der Waals surface area contributed by atoms with Crippen LogP contribution in [0.4, 0.5) is 5.69 Å². The van der Waals surface area contributed by atoms with Crippen molar-refractivity contribution in [3.05, 3.63) is 45.2 Å². The van der Waals surface area contributed by atoms with Crippen LogP contribution in [0.3, 0.4) is 0 Å². The van der Waals surface area contributed by atoms with Crippen LogP contribution >= 0.6 is 35.4 Å². The van der Waals surface area contributed by atoms with E-state index in [0.717, 1.165) is 48.8 Å². The van der Waals surface area contributed by atoms with E-state index in [2.05, 4.69) is 15.7 Å². The summed E-state index contributed by atoms with van der Waals surface area (Å²) in [5.41, 5.74) is 3.58. The van der Waals surface area contributed by atoms with Gasteiger partial charge in [-0.05, 0) is 51.5 Å². The molecule has 0 spiro atoms. The molecule has 0 bridgehead atoms. The SMILES string of the molecule is CCOCCCNC(=S)Nc1c(C)nn(Cc2c(Cl)cccc2Cl)c1C. The molecule has 2 rings (SSSR count). The lowest BCUT2D eigenvalue weighted by atomic mass is 10.2. The number of benzene rings is 1. The standard InChI is InChI=1S/C18H24Cl2N4OS/c1-4-25-10-6-9-21-18(26)22-17-12(2)23-24(13(17)3)11-14-15(19)7-5-8-16(14)20/h5,7-8H,4,6,9-11H2,1-3H3,(H2,21,22,26). The van der Waals surface area contributed by atoms with Crippen molar-refractivity contribution < 1.29 is 4.74 Å². The predicted octanol–water partition coefficient (Wildman–Crippen LogP) is 4.57. The highest BCUT2D eigenvalue weighted by molar-refractivity contribution is 7.80. The molecule has 0 atom stereocenters. The van der Waals surface area contributed by atoms with Gasteiger partial charge in [-0.25, -0.2) is 0 Å². The maximum absolute atomic E-state index is 6.27. The number of aryl methyl sites for hydroxylation is 1. The number of hydrogen-bond donors (Lipinski definition) is 2. The number of rotatable bonds is 8. The molecule has 1 aromatic carbocycles. The van der Waals surface area contributed by atoms with E-state index in [0.29, 0.717) is 21.7 Å². The van der Waals surface area contributed by atoms with E-state index < -0.39 is 0 Å². The normalized spacial score (nSPS) is 10.8. The highest BCUT2D eigenvalue weighted by atomic mass is 35.5. The fourth-order valence-corrected chi connectivity index (χ4v) is 3.26. The van der Waals surface area contributed by atoms with Crippen LogP contribution in [0.15, 0.2) is 18.2 Å². The lowest BCUT2D eigenvalue weighted by Crippen LogP contribution is -2.30. The number of aromatic nitrogens is 2. The molecule has 0 amide bonds. The maximum atomic E-state index is 6.27. The van der Waals surface area contributed by atoms with Crippen LogP contribution in [0, 0.1) is 13.8 Å². The minimum Gasteiger partial charge on any atom is -0.382 e. The van der Waals surface area contributed by atoms with Crippen LogP contribution < -0.4 is 10.6 Å². The Kier molecular flexibility index (Phi) is 8.15. The van der Waals surface area contributed by atoms with E-state index in [1.807, 2.05) is 43.7 Å². The lowest BCUT2D eigenvalue weighted by Gasteiger charge is -2.12. The molecule has 2 N–H and O–H groups in total. The zero-order valence-electron chi connectivity index (χ0n) is 15.2. The van der Waals surface area contributed by atoms with Crippen LogP contribution in [-0.4, -0.2) is 34.7 Å². The molecule has 0 unspecified atom stereocenters. The molecule has 0 saturated heterocycles. The van der Waals surface area contributed by atoms with Crippen LogP contribution in [-0.2, 0) is 11.3 Å². The van der Waals surface area contributed by atoms with Crippen LogP contribution in [0.25, 0.3) is 0 Å². The monoisotopic (exact) mass is 414 g/mol. The van der Waals surface area contributed by atoms with Crippen molar-refractivity contribution in [2.45, 2.75) is 33.7 Å². The van der Waals surface area contributed by atoms with E-state index in [4.69, 9.17) is 40.2 Å². The van der Waals surface area contributed by atoms with E-state index in [1.54, 1.807) is 0 Å². The van der Waals surface area contributed by atoms with Crippen LogP contribution in [0.2, 0.25) is 10.0 Å². The fourth-order valence-electron chi connectivity index (χ4n) is 2.54. The van der Waals surface area contributed by atoms with Crippen molar-refractivity contribution in [3.8, 4) is 0 Å². The summed E-state index contributed by atoms with van der Waals surface area (Å²) in [6.07, 6.45) is 0.901. The van der Waals surface area contributed by atoms with Gasteiger partial charge in [-0.1, -0.05) is 29.3 Å². The van der Waals surface area contributed by atoms with E-state index in [1.165, 1.54) is 0 Å². The highest BCUT2D eigenvalue weighted by Gasteiger charge is 2.15. The Bertz CT molecular complexity index is 744. The fraction of sp³-hybridized carbons (Fsp3) is 0.444. The molecule has 0 aliphatic rings. The zero-order valence-corrected chi connectivity index (χ0v) is 17.6. The minimum atomic E-state index is 0.501. The molecule has 0 fully saturated rings. The summed E-state index contributed by atoms with van der Waals surface area (Å²) < 4.78 is 7.19. The summed E-state index contributed by atoms with van der Waals surface area (Å²) in [5, 5.41) is 12.8. The Hall–Kier alpha value is -1.34. The van der Waals surface area contributed by atoms with Gasteiger partial charge in [0.2, 0.25) is 0 Å². The van der Waals surface area contributed by atoms with Crippen molar-refractivity contribution in [3.63, 3.8) is 0 Å². The Morgan fingerprint density at radius 2 is 1.96 bits per heavy atom. The summed E-state index contributed by atoms with van der Waals surface area (Å²) >= 11 is 17.9. The molecule has 0 saturated carbocycles. The molecule has 142 valence electrons. The van der Waals surface area contributed by atoms with Gasteiger partial charge in [-0.2, -0.15) is 5.10 Å². The third-order valence-corrected chi connectivity index (χ3v) is 4.90. The van der Waals surface area contributed by atoms with Gasteiger partial charge in [0.05, 0.1) is 23.6 Å². The molecule has 1 heterocycles. The molecule has 0 aliphatic heterocycles. The first-order valence-electron chi connectivity index (χ1n) is 8.53. The second-order valence-electron chi connectivity index (χ2n) is 5.84. The van der Waals surface area contributed by atoms with Crippen molar-refractivity contribution in [2.24, 2.45) is 0 Å². The van der Waals surface area contributed by atoms with Crippen molar-refractivity contribution >= 4 is 46.2 Å². The van der Waals surface area contributed by atoms with Crippen molar-refractivity contribution in [1.82, 2.24) is 15.1 Å².